The summed E-state index contributed by atoms with van der Waals surface area (Å²) in [5.41, 5.74) is 1.30. The second-order valence-corrected chi connectivity index (χ2v) is 7.41. The minimum absolute atomic E-state index is 0.0803. The molecule has 1 N–H and O–H groups in total. The standard InChI is InChI=1S/C25H21FN2O5/c1-32-18-9-10-19(20(12-18)33-2)23(29)21-22(16-5-7-17(26)8-6-16)28(25(31)24(21)30)14-15-4-3-11-27-13-15/h3-13,22,29H,14H2,1-2H3/b23-21+/t22-/m0/s1. The lowest BCUT2D eigenvalue weighted by Crippen LogP contribution is -2.29. The van der Waals surface area contributed by atoms with Crippen molar-refractivity contribution in [1.29, 1.82) is 0 Å². The highest BCUT2D eigenvalue weighted by Crippen LogP contribution is 2.42. The van der Waals surface area contributed by atoms with Crippen molar-refractivity contribution in [2.24, 2.45) is 0 Å². The van der Waals surface area contributed by atoms with Crippen LogP contribution in [0, 0.1) is 5.82 Å². The largest absolute Gasteiger partial charge is 0.507 e. The van der Waals surface area contributed by atoms with Crippen LogP contribution in [0.5, 0.6) is 11.5 Å². The molecule has 1 amide bonds. The molecule has 0 radical (unpaired) electrons. The fourth-order valence-electron chi connectivity index (χ4n) is 3.86. The van der Waals surface area contributed by atoms with E-state index in [1.54, 1.807) is 42.7 Å². The molecule has 1 aliphatic heterocycles. The van der Waals surface area contributed by atoms with Crippen LogP contribution in [0.25, 0.3) is 5.76 Å². The molecular formula is C25H21FN2O5. The first-order valence-corrected chi connectivity index (χ1v) is 10.1. The number of hydrogen-bond donors (Lipinski definition) is 1. The van der Waals surface area contributed by atoms with Gasteiger partial charge in [-0.3, -0.25) is 14.6 Å². The van der Waals surface area contributed by atoms with Gasteiger partial charge < -0.3 is 19.5 Å². The number of Topliss-reactive ketones (excluding diaryl/α,β-unsaturated/α-hetero) is 1. The number of carbonyl (C=O) groups is 2. The van der Waals surface area contributed by atoms with Gasteiger partial charge in [0.25, 0.3) is 11.7 Å². The van der Waals surface area contributed by atoms with Gasteiger partial charge in [-0.2, -0.15) is 0 Å². The summed E-state index contributed by atoms with van der Waals surface area (Å²) < 4.78 is 24.2. The Bertz CT molecular complexity index is 1230. The second-order valence-electron chi connectivity index (χ2n) is 7.41. The number of benzene rings is 2. The molecule has 2 heterocycles. The van der Waals surface area contributed by atoms with E-state index in [2.05, 4.69) is 4.98 Å². The minimum Gasteiger partial charge on any atom is -0.507 e. The Hall–Kier alpha value is -4.20. The molecular weight excluding hydrogens is 427 g/mol. The van der Waals surface area contributed by atoms with E-state index in [4.69, 9.17) is 9.47 Å². The monoisotopic (exact) mass is 448 g/mol. The number of hydrogen-bond acceptors (Lipinski definition) is 6. The molecule has 33 heavy (non-hydrogen) atoms. The van der Waals surface area contributed by atoms with Crippen molar-refractivity contribution in [3.63, 3.8) is 0 Å². The Morgan fingerprint density at radius 1 is 1.09 bits per heavy atom. The first kappa shape index (κ1) is 22.0. The Morgan fingerprint density at radius 2 is 1.85 bits per heavy atom. The van der Waals surface area contributed by atoms with Crippen LogP contribution in [-0.4, -0.2) is 40.9 Å². The van der Waals surface area contributed by atoms with Gasteiger partial charge in [0.05, 0.1) is 31.4 Å². The van der Waals surface area contributed by atoms with Crippen LogP contribution in [0.3, 0.4) is 0 Å². The predicted molar refractivity (Wildman–Crippen MR) is 118 cm³/mol. The summed E-state index contributed by atoms with van der Waals surface area (Å²) in [6, 6.07) is 12.7. The van der Waals surface area contributed by atoms with E-state index in [9.17, 15) is 19.1 Å². The van der Waals surface area contributed by atoms with E-state index < -0.39 is 29.3 Å². The quantitative estimate of drug-likeness (QED) is 0.350. The molecule has 1 aromatic heterocycles. The van der Waals surface area contributed by atoms with Crippen molar-refractivity contribution in [2.45, 2.75) is 12.6 Å². The minimum atomic E-state index is -0.933. The summed E-state index contributed by atoms with van der Waals surface area (Å²) in [6.45, 7) is 0.0803. The number of halogens is 1. The molecule has 3 aromatic rings. The van der Waals surface area contributed by atoms with Crippen LogP contribution < -0.4 is 9.47 Å². The smallest absolute Gasteiger partial charge is 0.295 e. The highest BCUT2D eigenvalue weighted by Gasteiger charge is 2.46. The number of amides is 1. The van der Waals surface area contributed by atoms with Crippen LogP contribution in [0.1, 0.15) is 22.7 Å². The molecule has 0 bridgehead atoms. The molecule has 0 aliphatic carbocycles. The molecule has 0 unspecified atom stereocenters. The zero-order valence-electron chi connectivity index (χ0n) is 18.0. The van der Waals surface area contributed by atoms with Crippen molar-refractivity contribution in [1.82, 2.24) is 9.88 Å². The predicted octanol–water partition coefficient (Wildman–Crippen LogP) is 3.86. The summed E-state index contributed by atoms with van der Waals surface area (Å²) in [5, 5.41) is 11.2. The Balaban J connectivity index is 1.89. The van der Waals surface area contributed by atoms with Crippen LogP contribution in [0.4, 0.5) is 4.39 Å². The summed E-state index contributed by atoms with van der Waals surface area (Å²) in [5.74, 6) is -1.71. The lowest BCUT2D eigenvalue weighted by molar-refractivity contribution is -0.140. The zero-order chi connectivity index (χ0) is 23.5. The van der Waals surface area contributed by atoms with Crippen LogP contribution in [0.15, 0.2) is 72.6 Å². The van der Waals surface area contributed by atoms with Crippen LogP contribution >= 0.6 is 0 Å². The number of aliphatic hydroxyl groups excluding tert-OH is 1. The first-order valence-electron chi connectivity index (χ1n) is 10.1. The molecule has 1 saturated heterocycles. The highest BCUT2D eigenvalue weighted by molar-refractivity contribution is 6.46. The number of rotatable bonds is 6. The number of methoxy groups -OCH3 is 2. The Labute approximate surface area is 189 Å². The van der Waals surface area contributed by atoms with Crippen molar-refractivity contribution in [3.8, 4) is 11.5 Å². The zero-order valence-corrected chi connectivity index (χ0v) is 18.0. The number of ether oxygens (including phenoxy) is 2. The van der Waals surface area contributed by atoms with Gasteiger partial charge in [-0.25, -0.2) is 4.39 Å². The molecule has 0 saturated carbocycles. The molecule has 1 aliphatic rings. The Kier molecular flexibility index (Phi) is 6.08. The third-order valence-electron chi connectivity index (χ3n) is 5.47. The summed E-state index contributed by atoms with van der Waals surface area (Å²) >= 11 is 0. The number of pyridine rings is 1. The fourth-order valence-corrected chi connectivity index (χ4v) is 3.86. The van der Waals surface area contributed by atoms with Crippen molar-refractivity contribution >= 4 is 17.4 Å². The SMILES string of the molecule is COc1ccc(/C(O)=C2\C(=O)C(=O)N(Cc3cccnc3)[C@H]2c2ccc(F)cc2)c(OC)c1. The maximum absolute atomic E-state index is 13.6. The maximum Gasteiger partial charge on any atom is 0.295 e. The van der Waals surface area contributed by atoms with E-state index in [0.717, 1.165) is 0 Å². The van der Waals surface area contributed by atoms with Gasteiger partial charge in [0.1, 0.15) is 23.1 Å². The number of aromatic nitrogens is 1. The normalized spacial score (nSPS) is 17.3. The average Bonchev–Trinajstić information content (AvgIpc) is 3.09. The first-order chi connectivity index (χ1) is 15.9. The molecule has 1 atom stereocenters. The van der Waals surface area contributed by atoms with Gasteiger partial charge in [0, 0.05) is 25.0 Å². The molecule has 168 valence electrons. The van der Waals surface area contributed by atoms with Crippen LogP contribution in [-0.2, 0) is 16.1 Å². The lowest BCUT2D eigenvalue weighted by Gasteiger charge is -2.25. The lowest BCUT2D eigenvalue weighted by atomic mass is 9.95. The third-order valence-corrected chi connectivity index (χ3v) is 5.47. The van der Waals surface area contributed by atoms with E-state index in [-0.39, 0.29) is 23.4 Å². The summed E-state index contributed by atoms with van der Waals surface area (Å²) in [4.78, 5) is 31.6. The second kappa shape index (κ2) is 9.12. The third kappa shape index (κ3) is 4.15. The van der Waals surface area contributed by atoms with Gasteiger partial charge in [-0.05, 0) is 41.5 Å². The van der Waals surface area contributed by atoms with E-state index in [0.29, 0.717) is 16.9 Å². The van der Waals surface area contributed by atoms with Gasteiger partial charge >= 0.3 is 0 Å². The maximum atomic E-state index is 13.6. The number of likely N-dealkylation sites (tertiary alicyclic amines) is 1. The van der Waals surface area contributed by atoms with Crippen molar-refractivity contribution in [3.05, 3.63) is 95.1 Å². The van der Waals surface area contributed by atoms with Gasteiger partial charge in [-0.15, -0.1) is 0 Å². The van der Waals surface area contributed by atoms with Crippen molar-refractivity contribution < 1.29 is 28.6 Å². The Morgan fingerprint density at radius 3 is 2.48 bits per heavy atom. The molecule has 0 spiro atoms. The van der Waals surface area contributed by atoms with E-state index in [1.165, 1.54) is 43.4 Å². The average molecular weight is 448 g/mol. The number of carbonyl (C=O) groups excluding carboxylic acids is 2. The highest BCUT2D eigenvalue weighted by atomic mass is 19.1. The van der Waals surface area contributed by atoms with Gasteiger partial charge in [0.15, 0.2) is 0 Å². The number of aliphatic hydroxyl groups is 1. The molecule has 2 aromatic carbocycles. The molecule has 4 rings (SSSR count). The molecule has 7 nitrogen and oxygen atoms in total. The molecule has 1 fully saturated rings. The topological polar surface area (TPSA) is 89.0 Å². The van der Waals surface area contributed by atoms with Crippen LogP contribution in [0.2, 0.25) is 0 Å². The summed E-state index contributed by atoms with van der Waals surface area (Å²) in [6.07, 6.45) is 3.19. The summed E-state index contributed by atoms with van der Waals surface area (Å²) in [7, 11) is 2.91. The van der Waals surface area contributed by atoms with E-state index in [1.807, 2.05) is 0 Å². The van der Waals surface area contributed by atoms with Crippen molar-refractivity contribution in [2.75, 3.05) is 14.2 Å². The van der Waals surface area contributed by atoms with Gasteiger partial charge in [-0.1, -0.05) is 18.2 Å². The van der Waals surface area contributed by atoms with E-state index >= 15 is 0 Å². The number of ketones is 1. The fraction of sp³-hybridized carbons (Fsp3) is 0.160. The molecule has 8 heteroatoms. The van der Waals surface area contributed by atoms with Gasteiger partial charge in [0.2, 0.25) is 0 Å². The number of nitrogens with zero attached hydrogens (tertiary/aromatic N) is 2.